The van der Waals surface area contributed by atoms with Gasteiger partial charge in [0, 0.05) is 0 Å². The summed E-state index contributed by atoms with van der Waals surface area (Å²) in [6.45, 7) is 5.60. The van der Waals surface area contributed by atoms with E-state index >= 15 is 0 Å². The van der Waals surface area contributed by atoms with Crippen LogP contribution in [0.4, 0.5) is 0 Å². The smallest absolute Gasteiger partial charge is 0.336 e. The van der Waals surface area contributed by atoms with Gasteiger partial charge < -0.3 is 5.32 Å². The summed E-state index contributed by atoms with van der Waals surface area (Å²) in [5.74, 6) is -0.307. The van der Waals surface area contributed by atoms with Crippen LogP contribution in [0.3, 0.4) is 0 Å². The Labute approximate surface area is 185 Å². The number of para-hydroxylation sites is 1. The molecule has 3 aromatic carbocycles. The third-order valence-corrected chi connectivity index (χ3v) is 5.78. The first-order chi connectivity index (χ1) is 15.4. The van der Waals surface area contributed by atoms with Gasteiger partial charge in [0.25, 0.3) is 5.56 Å². The average molecular weight is 428 g/mol. The number of hydrogen-bond acceptors (Lipinski definition) is 3. The minimum absolute atomic E-state index is 0.193. The van der Waals surface area contributed by atoms with Crippen LogP contribution < -0.4 is 16.6 Å². The van der Waals surface area contributed by atoms with Crippen LogP contribution in [0.25, 0.3) is 16.6 Å². The Hall–Kier alpha value is -3.93. The maximum absolute atomic E-state index is 13.4. The molecule has 1 amide bonds. The van der Waals surface area contributed by atoms with Crippen molar-refractivity contribution < 1.29 is 4.79 Å². The van der Waals surface area contributed by atoms with E-state index in [1.165, 1.54) is 4.57 Å². The second-order valence-corrected chi connectivity index (χ2v) is 7.99. The zero-order valence-electron chi connectivity index (χ0n) is 18.3. The monoisotopic (exact) mass is 427 g/mol. The summed E-state index contributed by atoms with van der Waals surface area (Å²) in [5.41, 5.74) is 2.99. The van der Waals surface area contributed by atoms with E-state index in [1.807, 2.05) is 63.2 Å². The molecule has 0 radical (unpaired) electrons. The Morgan fingerprint density at radius 3 is 2.31 bits per heavy atom. The van der Waals surface area contributed by atoms with E-state index in [0.717, 1.165) is 21.3 Å². The summed E-state index contributed by atoms with van der Waals surface area (Å²) in [7, 11) is 0. The first-order valence-electron chi connectivity index (χ1n) is 10.5. The molecule has 0 saturated carbocycles. The van der Waals surface area contributed by atoms with Crippen molar-refractivity contribution in [3.05, 3.63) is 110 Å². The van der Waals surface area contributed by atoms with Gasteiger partial charge in [-0.05, 0) is 61.7 Å². The summed E-state index contributed by atoms with van der Waals surface area (Å²) < 4.78 is 2.50. The Morgan fingerprint density at radius 2 is 1.59 bits per heavy atom. The Balaban J connectivity index is 1.79. The van der Waals surface area contributed by atoms with E-state index in [4.69, 9.17) is 0 Å². The van der Waals surface area contributed by atoms with Crippen LogP contribution in [0.2, 0.25) is 0 Å². The number of aromatic nitrogens is 2. The lowest BCUT2D eigenvalue weighted by Crippen LogP contribution is -2.42. The summed E-state index contributed by atoms with van der Waals surface area (Å²) in [6, 6.07) is 21.7. The molecule has 1 atom stereocenters. The normalized spacial score (nSPS) is 12.0. The fourth-order valence-corrected chi connectivity index (χ4v) is 3.82. The first kappa shape index (κ1) is 21.3. The van der Waals surface area contributed by atoms with Gasteiger partial charge in [0.05, 0.1) is 22.6 Å². The third kappa shape index (κ3) is 3.99. The molecule has 1 heterocycles. The number of rotatable bonds is 5. The number of aryl methyl sites for hydroxylation is 2. The van der Waals surface area contributed by atoms with Crippen LogP contribution in [0, 0.1) is 13.8 Å². The molecular weight excluding hydrogens is 402 g/mol. The van der Waals surface area contributed by atoms with Crippen molar-refractivity contribution in [3.8, 4) is 5.69 Å². The first-order valence-corrected chi connectivity index (χ1v) is 10.5. The zero-order chi connectivity index (χ0) is 22.8. The van der Waals surface area contributed by atoms with Crippen LogP contribution in [0.5, 0.6) is 0 Å². The largest absolute Gasteiger partial charge is 0.348 e. The second kappa shape index (κ2) is 8.67. The summed E-state index contributed by atoms with van der Waals surface area (Å²) >= 11 is 0. The number of carbonyl (C=O) groups is 1. The maximum atomic E-state index is 13.4. The number of benzene rings is 3. The van der Waals surface area contributed by atoms with Gasteiger partial charge in [-0.25, -0.2) is 9.36 Å². The molecule has 6 nitrogen and oxygen atoms in total. The van der Waals surface area contributed by atoms with E-state index in [9.17, 15) is 14.4 Å². The number of nitrogens with one attached hydrogen (secondary N) is 1. The highest BCUT2D eigenvalue weighted by Gasteiger charge is 2.18. The summed E-state index contributed by atoms with van der Waals surface area (Å²) in [4.78, 5) is 39.5. The number of amides is 1. The van der Waals surface area contributed by atoms with Gasteiger partial charge in [-0.2, -0.15) is 0 Å². The molecule has 4 aromatic rings. The van der Waals surface area contributed by atoms with Gasteiger partial charge >= 0.3 is 5.69 Å². The predicted octanol–water partition coefficient (Wildman–Crippen LogP) is 3.65. The number of nitrogens with zero attached hydrogens (tertiary/aromatic N) is 2. The molecule has 6 heteroatoms. The van der Waals surface area contributed by atoms with E-state index in [0.29, 0.717) is 16.6 Å². The lowest BCUT2D eigenvalue weighted by atomic mass is 10.1. The highest BCUT2D eigenvalue weighted by atomic mass is 16.2. The fourth-order valence-electron chi connectivity index (χ4n) is 3.82. The molecule has 32 heavy (non-hydrogen) atoms. The zero-order valence-corrected chi connectivity index (χ0v) is 18.3. The lowest BCUT2D eigenvalue weighted by molar-refractivity contribution is -0.122. The molecule has 4 rings (SSSR count). The fraction of sp³-hybridized carbons (Fsp3) is 0.192. The second-order valence-electron chi connectivity index (χ2n) is 7.99. The van der Waals surface area contributed by atoms with E-state index in [1.54, 1.807) is 30.3 Å². The van der Waals surface area contributed by atoms with E-state index in [-0.39, 0.29) is 18.5 Å². The number of carbonyl (C=O) groups excluding carboxylic acids is 1. The molecular formula is C26H25N3O3. The topological polar surface area (TPSA) is 73.1 Å². The molecule has 0 fully saturated rings. The van der Waals surface area contributed by atoms with Crippen LogP contribution in [0.1, 0.15) is 29.7 Å². The van der Waals surface area contributed by atoms with Crippen LogP contribution in [-0.2, 0) is 11.3 Å². The summed E-state index contributed by atoms with van der Waals surface area (Å²) in [5, 5.41) is 3.32. The van der Waals surface area contributed by atoms with Crippen LogP contribution >= 0.6 is 0 Å². The van der Waals surface area contributed by atoms with Crippen molar-refractivity contribution in [3.63, 3.8) is 0 Å². The van der Waals surface area contributed by atoms with Gasteiger partial charge in [-0.3, -0.25) is 14.2 Å². The molecule has 0 aliphatic carbocycles. The van der Waals surface area contributed by atoms with Crippen molar-refractivity contribution in [2.75, 3.05) is 0 Å². The van der Waals surface area contributed by atoms with Gasteiger partial charge in [-0.15, -0.1) is 0 Å². The van der Waals surface area contributed by atoms with Gasteiger partial charge in [0.1, 0.15) is 6.54 Å². The highest BCUT2D eigenvalue weighted by molar-refractivity contribution is 5.82. The Bertz CT molecular complexity index is 1420. The quantitative estimate of drug-likeness (QED) is 0.528. The molecule has 1 aromatic heterocycles. The highest BCUT2D eigenvalue weighted by Crippen LogP contribution is 2.15. The van der Waals surface area contributed by atoms with Gasteiger partial charge in [0.2, 0.25) is 5.91 Å². The molecule has 1 unspecified atom stereocenters. The average Bonchev–Trinajstić information content (AvgIpc) is 2.79. The predicted molar refractivity (Wildman–Crippen MR) is 126 cm³/mol. The van der Waals surface area contributed by atoms with E-state index in [2.05, 4.69) is 5.32 Å². The minimum atomic E-state index is -0.542. The standard InChI is InChI=1S/C26H25N3O3/c1-17-13-14-21(15-18(17)2)29-25(31)22-11-7-8-12-23(22)28(26(29)32)16-24(30)27-19(3)20-9-5-4-6-10-20/h4-15,19H,16H2,1-3H3,(H,27,30). The number of hydrogen-bond donors (Lipinski definition) is 1. The Kier molecular flexibility index (Phi) is 5.77. The van der Waals surface area contributed by atoms with E-state index < -0.39 is 11.2 Å². The van der Waals surface area contributed by atoms with Crippen LogP contribution in [-0.4, -0.2) is 15.0 Å². The van der Waals surface area contributed by atoms with Crippen molar-refractivity contribution in [1.29, 1.82) is 0 Å². The molecule has 0 saturated heterocycles. The SMILES string of the molecule is Cc1ccc(-n2c(=O)c3ccccc3n(CC(=O)NC(C)c3ccccc3)c2=O)cc1C. The molecule has 0 aliphatic heterocycles. The third-order valence-electron chi connectivity index (χ3n) is 5.78. The lowest BCUT2D eigenvalue weighted by Gasteiger charge is -2.17. The van der Waals surface area contributed by atoms with Gasteiger partial charge in [-0.1, -0.05) is 48.5 Å². The Morgan fingerprint density at radius 1 is 0.906 bits per heavy atom. The molecule has 162 valence electrons. The van der Waals surface area contributed by atoms with Crippen molar-refractivity contribution in [2.45, 2.75) is 33.4 Å². The molecule has 0 aliphatic rings. The summed E-state index contributed by atoms with van der Waals surface area (Å²) in [6.07, 6.45) is 0. The van der Waals surface area contributed by atoms with Crippen molar-refractivity contribution >= 4 is 16.8 Å². The minimum Gasteiger partial charge on any atom is -0.348 e. The maximum Gasteiger partial charge on any atom is 0.336 e. The van der Waals surface area contributed by atoms with Crippen molar-refractivity contribution in [2.24, 2.45) is 0 Å². The van der Waals surface area contributed by atoms with Crippen molar-refractivity contribution in [1.82, 2.24) is 14.5 Å². The van der Waals surface area contributed by atoms with Crippen LogP contribution in [0.15, 0.2) is 82.4 Å². The molecule has 1 N–H and O–H groups in total. The molecule has 0 spiro atoms. The number of fused-ring (bicyclic) bond motifs is 1. The molecule has 0 bridgehead atoms. The van der Waals surface area contributed by atoms with Gasteiger partial charge in [0.15, 0.2) is 0 Å².